The zero-order valence-electron chi connectivity index (χ0n) is 6.86. The molecule has 0 saturated carbocycles. The van der Waals surface area contributed by atoms with Gasteiger partial charge in [0.25, 0.3) is 0 Å². The van der Waals surface area contributed by atoms with Crippen LogP contribution in [0.4, 0.5) is 0 Å². The van der Waals surface area contributed by atoms with Crippen LogP contribution < -0.4 is 0 Å². The van der Waals surface area contributed by atoms with Crippen molar-refractivity contribution in [3.8, 4) is 0 Å². The number of rotatable bonds is 2. The molecule has 0 bridgehead atoms. The molecule has 13 heavy (non-hydrogen) atoms. The van der Waals surface area contributed by atoms with Gasteiger partial charge in [0, 0.05) is 5.56 Å². The van der Waals surface area contributed by atoms with Gasteiger partial charge in [-0.15, -0.1) is 11.3 Å². The monoisotopic (exact) mass is 189 g/mol. The average Bonchev–Trinajstić information content (AvgIpc) is 2.63. The second kappa shape index (κ2) is 3.11. The van der Waals surface area contributed by atoms with Crippen LogP contribution in [-0.2, 0) is 0 Å². The van der Waals surface area contributed by atoms with Crippen LogP contribution in [0, 0.1) is 0 Å². The Hall–Kier alpha value is -1.48. The highest BCUT2D eigenvalue weighted by molar-refractivity contribution is 7.16. The molecule has 0 unspecified atom stereocenters. The Bertz CT molecular complexity index is 472. The molecule has 1 aromatic heterocycles. The summed E-state index contributed by atoms with van der Waals surface area (Å²) in [6, 6.07) is 5.49. The maximum atomic E-state index is 11.2. The van der Waals surface area contributed by atoms with Gasteiger partial charge >= 0.3 is 0 Å². The fraction of sp³-hybridized carbons (Fsp3) is 0. The first-order valence-corrected chi connectivity index (χ1v) is 4.69. The summed E-state index contributed by atoms with van der Waals surface area (Å²) in [6.07, 6.45) is 1.31. The molecule has 2 rings (SSSR count). The molecular weight excluding hydrogens is 182 g/mol. The molecule has 0 atom stereocenters. The standard InChI is InChI=1S/C10H7NOS/c1-2-9(12)7-3-4-10-8(5-7)11-6-13-10/h2-6H,1H2. The molecule has 0 aliphatic rings. The first-order chi connectivity index (χ1) is 6.31. The average molecular weight is 189 g/mol. The Balaban J connectivity index is 2.60. The molecule has 0 radical (unpaired) electrons. The minimum absolute atomic E-state index is 0.0603. The highest BCUT2D eigenvalue weighted by atomic mass is 32.1. The first kappa shape index (κ1) is 8.13. The van der Waals surface area contributed by atoms with Crippen molar-refractivity contribution in [3.05, 3.63) is 41.9 Å². The van der Waals surface area contributed by atoms with Crippen molar-refractivity contribution >= 4 is 27.3 Å². The van der Waals surface area contributed by atoms with Crippen molar-refractivity contribution in [1.82, 2.24) is 4.98 Å². The van der Waals surface area contributed by atoms with Gasteiger partial charge in [-0.3, -0.25) is 4.79 Å². The molecule has 0 saturated heterocycles. The summed E-state index contributed by atoms with van der Waals surface area (Å²) in [5, 5.41) is 0. The lowest BCUT2D eigenvalue weighted by Gasteiger charge is -1.93. The molecule has 2 aromatic rings. The Labute approximate surface area is 79.5 Å². The molecule has 1 aromatic carbocycles. The predicted octanol–water partition coefficient (Wildman–Crippen LogP) is 2.67. The Morgan fingerprint density at radius 1 is 1.54 bits per heavy atom. The molecule has 64 valence electrons. The van der Waals surface area contributed by atoms with Crippen LogP contribution in [0.25, 0.3) is 10.2 Å². The van der Waals surface area contributed by atoms with E-state index in [9.17, 15) is 4.79 Å². The van der Waals surface area contributed by atoms with E-state index in [4.69, 9.17) is 0 Å². The van der Waals surface area contributed by atoms with Crippen LogP contribution >= 0.6 is 11.3 Å². The lowest BCUT2D eigenvalue weighted by Crippen LogP contribution is -1.92. The smallest absolute Gasteiger partial charge is 0.185 e. The van der Waals surface area contributed by atoms with E-state index in [1.165, 1.54) is 6.08 Å². The van der Waals surface area contributed by atoms with E-state index >= 15 is 0 Å². The van der Waals surface area contributed by atoms with Gasteiger partial charge in [-0.1, -0.05) is 6.58 Å². The molecule has 3 heteroatoms. The number of fused-ring (bicyclic) bond motifs is 1. The van der Waals surface area contributed by atoms with Crippen LogP contribution in [0.15, 0.2) is 36.4 Å². The summed E-state index contributed by atoms with van der Waals surface area (Å²) < 4.78 is 1.10. The first-order valence-electron chi connectivity index (χ1n) is 3.81. The van der Waals surface area contributed by atoms with Gasteiger partial charge in [0.2, 0.25) is 0 Å². The highest BCUT2D eigenvalue weighted by Crippen LogP contribution is 2.18. The summed E-state index contributed by atoms with van der Waals surface area (Å²) in [7, 11) is 0. The number of nitrogens with zero attached hydrogens (tertiary/aromatic N) is 1. The van der Waals surface area contributed by atoms with Crippen molar-refractivity contribution < 1.29 is 4.79 Å². The van der Waals surface area contributed by atoms with Crippen LogP contribution in [0.1, 0.15) is 10.4 Å². The number of benzene rings is 1. The summed E-state index contributed by atoms with van der Waals surface area (Å²) in [6.45, 7) is 3.44. The van der Waals surface area contributed by atoms with E-state index < -0.39 is 0 Å². The van der Waals surface area contributed by atoms with Crippen molar-refractivity contribution in [2.45, 2.75) is 0 Å². The Kier molecular flexibility index (Phi) is 1.94. The number of aromatic nitrogens is 1. The van der Waals surface area contributed by atoms with Crippen molar-refractivity contribution in [2.75, 3.05) is 0 Å². The molecule has 0 aliphatic carbocycles. The molecule has 2 nitrogen and oxygen atoms in total. The van der Waals surface area contributed by atoms with Gasteiger partial charge in [-0.05, 0) is 24.3 Å². The van der Waals surface area contributed by atoms with Crippen LogP contribution in [0.3, 0.4) is 0 Å². The van der Waals surface area contributed by atoms with Crippen LogP contribution in [0.5, 0.6) is 0 Å². The quantitative estimate of drug-likeness (QED) is 0.537. The van der Waals surface area contributed by atoms with E-state index in [-0.39, 0.29) is 5.78 Å². The van der Waals surface area contributed by atoms with Crippen molar-refractivity contribution in [3.63, 3.8) is 0 Å². The van der Waals surface area contributed by atoms with Crippen LogP contribution in [-0.4, -0.2) is 10.8 Å². The van der Waals surface area contributed by atoms with Gasteiger partial charge in [0.15, 0.2) is 5.78 Å². The van der Waals surface area contributed by atoms with E-state index in [1.54, 1.807) is 29.0 Å². The lowest BCUT2D eigenvalue weighted by atomic mass is 10.1. The fourth-order valence-electron chi connectivity index (χ4n) is 1.13. The number of carbonyl (C=O) groups is 1. The molecular formula is C10H7NOS. The maximum Gasteiger partial charge on any atom is 0.185 e. The minimum Gasteiger partial charge on any atom is -0.289 e. The minimum atomic E-state index is -0.0603. The second-order valence-corrected chi connectivity index (χ2v) is 3.49. The third-order valence-corrected chi connectivity index (χ3v) is 2.61. The van der Waals surface area contributed by atoms with Crippen molar-refractivity contribution in [1.29, 1.82) is 0 Å². The van der Waals surface area contributed by atoms with E-state index in [0.29, 0.717) is 5.56 Å². The van der Waals surface area contributed by atoms with Gasteiger partial charge in [-0.2, -0.15) is 0 Å². The fourth-order valence-corrected chi connectivity index (χ4v) is 1.79. The zero-order chi connectivity index (χ0) is 9.26. The number of hydrogen-bond acceptors (Lipinski definition) is 3. The molecule has 0 aliphatic heterocycles. The van der Waals surface area contributed by atoms with Gasteiger partial charge in [-0.25, -0.2) is 4.98 Å². The van der Waals surface area contributed by atoms with Crippen molar-refractivity contribution in [2.24, 2.45) is 0 Å². The number of carbonyl (C=O) groups excluding carboxylic acids is 1. The van der Waals surface area contributed by atoms with Gasteiger partial charge in [0.05, 0.1) is 15.7 Å². The third kappa shape index (κ3) is 1.38. The number of thiazole rings is 1. The van der Waals surface area contributed by atoms with E-state index in [2.05, 4.69) is 11.6 Å². The summed E-state index contributed by atoms with van der Waals surface area (Å²) in [5.74, 6) is -0.0603. The molecule has 0 fully saturated rings. The molecule has 0 amide bonds. The number of allylic oxidation sites excluding steroid dienone is 1. The Morgan fingerprint density at radius 3 is 3.15 bits per heavy atom. The SMILES string of the molecule is C=CC(=O)c1ccc2scnc2c1. The topological polar surface area (TPSA) is 30.0 Å². The molecule has 0 N–H and O–H groups in total. The number of hydrogen-bond donors (Lipinski definition) is 0. The second-order valence-electron chi connectivity index (χ2n) is 2.60. The van der Waals surface area contributed by atoms with Gasteiger partial charge < -0.3 is 0 Å². The van der Waals surface area contributed by atoms with Crippen LogP contribution in [0.2, 0.25) is 0 Å². The largest absolute Gasteiger partial charge is 0.289 e. The summed E-state index contributed by atoms with van der Waals surface area (Å²) in [5.41, 5.74) is 3.29. The predicted molar refractivity (Wildman–Crippen MR) is 54.1 cm³/mol. The molecule has 0 spiro atoms. The maximum absolute atomic E-state index is 11.2. The third-order valence-electron chi connectivity index (χ3n) is 1.80. The van der Waals surface area contributed by atoms with E-state index in [0.717, 1.165) is 10.2 Å². The molecule has 1 heterocycles. The zero-order valence-corrected chi connectivity index (χ0v) is 7.67. The van der Waals surface area contributed by atoms with E-state index in [1.807, 2.05) is 6.07 Å². The van der Waals surface area contributed by atoms with Gasteiger partial charge in [0.1, 0.15) is 0 Å². The summed E-state index contributed by atoms with van der Waals surface area (Å²) >= 11 is 1.57. The highest BCUT2D eigenvalue weighted by Gasteiger charge is 2.03. The lowest BCUT2D eigenvalue weighted by molar-refractivity contribution is 0.104. The Morgan fingerprint density at radius 2 is 2.38 bits per heavy atom. The normalized spacial score (nSPS) is 10.2. The summed E-state index contributed by atoms with van der Waals surface area (Å²) in [4.78, 5) is 15.4. The number of ketones is 1.